The molecule has 0 spiro atoms. The summed E-state index contributed by atoms with van der Waals surface area (Å²) < 4.78 is 0. The van der Waals surface area contributed by atoms with Gasteiger partial charge in [0, 0.05) is 18.8 Å². The fourth-order valence-corrected chi connectivity index (χ4v) is 2.62. The van der Waals surface area contributed by atoms with Gasteiger partial charge >= 0.3 is 0 Å². The van der Waals surface area contributed by atoms with Crippen LogP contribution in [0.2, 0.25) is 0 Å². The number of anilines is 1. The van der Waals surface area contributed by atoms with Gasteiger partial charge in [0.05, 0.1) is 24.0 Å². The zero-order valence-corrected chi connectivity index (χ0v) is 10.6. The van der Waals surface area contributed by atoms with E-state index in [2.05, 4.69) is 4.98 Å². The van der Waals surface area contributed by atoms with Crippen LogP contribution in [0.25, 0.3) is 0 Å². The lowest BCUT2D eigenvalue weighted by Gasteiger charge is -2.37. The van der Waals surface area contributed by atoms with E-state index in [1.807, 2.05) is 11.9 Å². The van der Waals surface area contributed by atoms with Gasteiger partial charge in [-0.1, -0.05) is 12.8 Å². The third kappa shape index (κ3) is 2.46. The Morgan fingerprint density at radius 2 is 2.22 bits per heavy atom. The Kier molecular flexibility index (Phi) is 3.81. The minimum absolute atomic E-state index is 0.0320. The Bertz CT molecular complexity index is 435. The number of nitrogens with zero attached hydrogens (tertiary/aromatic N) is 2. The van der Waals surface area contributed by atoms with Crippen LogP contribution in [0.1, 0.15) is 31.2 Å². The summed E-state index contributed by atoms with van der Waals surface area (Å²) in [5.74, 6) is 0.0320. The molecule has 1 fully saturated rings. The molecule has 0 amide bonds. The molecule has 1 aromatic rings. The van der Waals surface area contributed by atoms with Crippen molar-refractivity contribution in [3.05, 3.63) is 24.0 Å². The molecule has 2 atom stereocenters. The number of rotatable bonds is 3. The Morgan fingerprint density at radius 1 is 1.50 bits per heavy atom. The van der Waals surface area contributed by atoms with Crippen molar-refractivity contribution in [3.63, 3.8) is 0 Å². The zero-order chi connectivity index (χ0) is 13.1. The second kappa shape index (κ2) is 5.35. The number of amidine groups is 1. The predicted octanol–water partition coefficient (Wildman–Crippen LogP) is 1.11. The molecule has 2 rings (SSSR count). The van der Waals surface area contributed by atoms with Gasteiger partial charge < -0.3 is 15.7 Å². The summed E-state index contributed by atoms with van der Waals surface area (Å²) in [6.07, 6.45) is 7.03. The fourth-order valence-electron chi connectivity index (χ4n) is 2.62. The van der Waals surface area contributed by atoms with Gasteiger partial charge in [-0.15, -0.1) is 0 Å². The number of nitrogens with one attached hydrogen (secondary N) is 1. The Labute approximate surface area is 107 Å². The minimum atomic E-state index is -0.316. The summed E-state index contributed by atoms with van der Waals surface area (Å²) >= 11 is 0. The van der Waals surface area contributed by atoms with Crippen molar-refractivity contribution in [2.24, 2.45) is 5.73 Å². The number of nitrogen functional groups attached to an aromatic ring is 1. The second-order valence-corrected chi connectivity index (χ2v) is 4.84. The van der Waals surface area contributed by atoms with Crippen LogP contribution in [-0.4, -0.2) is 35.1 Å². The molecule has 2 unspecified atom stereocenters. The highest BCUT2D eigenvalue weighted by Gasteiger charge is 2.28. The SMILES string of the molecule is CN(c1cnccc1C(=N)N)C1CCCCC1O. The molecule has 1 aromatic heterocycles. The molecule has 0 bridgehead atoms. The van der Waals surface area contributed by atoms with Gasteiger partial charge in [-0.2, -0.15) is 0 Å². The number of aliphatic hydroxyl groups excluding tert-OH is 1. The largest absolute Gasteiger partial charge is 0.391 e. The molecule has 5 heteroatoms. The molecule has 18 heavy (non-hydrogen) atoms. The van der Waals surface area contributed by atoms with Gasteiger partial charge in [0.1, 0.15) is 5.84 Å². The van der Waals surface area contributed by atoms with Gasteiger partial charge in [0.2, 0.25) is 0 Å². The first-order valence-corrected chi connectivity index (χ1v) is 6.30. The Balaban J connectivity index is 2.27. The first kappa shape index (κ1) is 12.8. The van der Waals surface area contributed by atoms with Crippen molar-refractivity contribution in [2.45, 2.75) is 37.8 Å². The summed E-state index contributed by atoms with van der Waals surface area (Å²) in [6.45, 7) is 0. The van der Waals surface area contributed by atoms with E-state index in [1.54, 1.807) is 18.5 Å². The second-order valence-electron chi connectivity index (χ2n) is 4.84. The number of hydrogen-bond donors (Lipinski definition) is 3. The van der Waals surface area contributed by atoms with Crippen LogP contribution in [0.4, 0.5) is 5.69 Å². The summed E-state index contributed by atoms with van der Waals surface area (Å²) in [5.41, 5.74) is 7.07. The maximum atomic E-state index is 10.1. The van der Waals surface area contributed by atoms with Crippen molar-refractivity contribution in [2.75, 3.05) is 11.9 Å². The molecule has 1 saturated carbocycles. The van der Waals surface area contributed by atoms with Crippen LogP contribution in [0.3, 0.4) is 0 Å². The highest BCUT2D eigenvalue weighted by molar-refractivity contribution is 6.00. The monoisotopic (exact) mass is 248 g/mol. The van der Waals surface area contributed by atoms with E-state index < -0.39 is 0 Å². The molecule has 4 N–H and O–H groups in total. The lowest BCUT2D eigenvalue weighted by Crippen LogP contribution is -2.44. The third-order valence-electron chi connectivity index (χ3n) is 3.66. The van der Waals surface area contributed by atoms with Crippen molar-refractivity contribution >= 4 is 11.5 Å². The minimum Gasteiger partial charge on any atom is -0.391 e. The lowest BCUT2D eigenvalue weighted by atomic mass is 9.91. The van der Waals surface area contributed by atoms with Gasteiger partial charge in [-0.05, 0) is 18.9 Å². The number of likely N-dealkylation sites (N-methyl/N-ethyl adjacent to an activating group) is 1. The van der Waals surface area contributed by atoms with E-state index in [0.29, 0.717) is 5.56 Å². The van der Waals surface area contributed by atoms with E-state index in [9.17, 15) is 5.11 Å². The summed E-state index contributed by atoms with van der Waals surface area (Å²) in [4.78, 5) is 6.10. The molecule has 0 aliphatic heterocycles. The zero-order valence-electron chi connectivity index (χ0n) is 10.6. The molecule has 1 heterocycles. The van der Waals surface area contributed by atoms with Crippen molar-refractivity contribution in [1.82, 2.24) is 4.98 Å². The Morgan fingerprint density at radius 3 is 2.89 bits per heavy atom. The number of aliphatic hydroxyl groups is 1. The standard InChI is InChI=1S/C13H20N4O/c1-17(10-4-2-3-5-12(10)18)11-8-16-7-6-9(11)13(14)15/h6-8,10,12,18H,2-5H2,1H3,(H3,14,15). The molecule has 1 aliphatic carbocycles. The average molecular weight is 248 g/mol. The van der Waals surface area contributed by atoms with Gasteiger partial charge in [-0.25, -0.2) is 0 Å². The number of pyridine rings is 1. The fraction of sp³-hybridized carbons (Fsp3) is 0.538. The molecule has 98 valence electrons. The highest BCUT2D eigenvalue weighted by Crippen LogP contribution is 2.28. The van der Waals surface area contributed by atoms with E-state index in [0.717, 1.165) is 31.4 Å². The smallest absolute Gasteiger partial charge is 0.125 e. The molecule has 1 aliphatic rings. The van der Waals surface area contributed by atoms with Gasteiger partial charge in [0.15, 0.2) is 0 Å². The maximum Gasteiger partial charge on any atom is 0.125 e. The van der Waals surface area contributed by atoms with Crippen LogP contribution in [0.5, 0.6) is 0 Å². The summed E-state index contributed by atoms with van der Waals surface area (Å²) in [6, 6.07) is 1.82. The van der Waals surface area contributed by atoms with Gasteiger partial charge in [-0.3, -0.25) is 10.4 Å². The maximum absolute atomic E-state index is 10.1. The average Bonchev–Trinajstić information content (AvgIpc) is 2.38. The van der Waals surface area contributed by atoms with E-state index in [4.69, 9.17) is 11.1 Å². The summed E-state index contributed by atoms with van der Waals surface area (Å²) in [5, 5.41) is 17.7. The quantitative estimate of drug-likeness (QED) is 0.552. The topological polar surface area (TPSA) is 86.2 Å². The number of aromatic nitrogens is 1. The van der Waals surface area contributed by atoms with Crippen LogP contribution in [0.15, 0.2) is 18.5 Å². The first-order chi connectivity index (χ1) is 8.61. The third-order valence-corrected chi connectivity index (χ3v) is 3.66. The van der Waals surface area contributed by atoms with Crippen LogP contribution in [0, 0.1) is 5.41 Å². The van der Waals surface area contributed by atoms with Crippen molar-refractivity contribution in [1.29, 1.82) is 5.41 Å². The van der Waals surface area contributed by atoms with E-state index in [-0.39, 0.29) is 18.0 Å². The number of nitrogens with two attached hydrogens (primary N) is 1. The molecule has 5 nitrogen and oxygen atoms in total. The predicted molar refractivity (Wildman–Crippen MR) is 71.9 cm³/mol. The van der Waals surface area contributed by atoms with Crippen molar-refractivity contribution in [3.8, 4) is 0 Å². The molecular weight excluding hydrogens is 228 g/mol. The molecule has 0 radical (unpaired) electrons. The highest BCUT2D eigenvalue weighted by atomic mass is 16.3. The molecular formula is C13H20N4O. The molecule has 0 aromatic carbocycles. The molecule has 0 saturated heterocycles. The van der Waals surface area contributed by atoms with Crippen molar-refractivity contribution < 1.29 is 5.11 Å². The van der Waals surface area contributed by atoms with Crippen LogP contribution >= 0.6 is 0 Å². The van der Waals surface area contributed by atoms with E-state index in [1.165, 1.54) is 0 Å². The normalized spacial score (nSPS) is 23.7. The lowest BCUT2D eigenvalue weighted by molar-refractivity contribution is 0.106. The first-order valence-electron chi connectivity index (χ1n) is 6.30. The number of hydrogen-bond acceptors (Lipinski definition) is 4. The van der Waals surface area contributed by atoms with Crippen LogP contribution in [-0.2, 0) is 0 Å². The Hall–Kier alpha value is -1.62. The van der Waals surface area contributed by atoms with Gasteiger partial charge in [0.25, 0.3) is 0 Å². The summed E-state index contributed by atoms with van der Waals surface area (Å²) in [7, 11) is 1.93. The van der Waals surface area contributed by atoms with Crippen LogP contribution < -0.4 is 10.6 Å². The van der Waals surface area contributed by atoms with E-state index >= 15 is 0 Å².